The Kier molecular flexibility index (Phi) is 8.72. The van der Waals surface area contributed by atoms with E-state index in [9.17, 15) is 9.59 Å². The number of amides is 2. The number of hydrogen-bond donors (Lipinski definition) is 1. The number of hydrogen-bond acceptors (Lipinski definition) is 6. The third-order valence-electron chi connectivity index (χ3n) is 6.95. The van der Waals surface area contributed by atoms with Gasteiger partial charge in [-0.2, -0.15) is 0 Å². The molecule has 0 unspecified atom stereocenters. The van der Waals surface area contributed by atoms with Gasteiger partial charge in [0.15, 0.2) is 0 Å². The molecule has 2 amide bonds. The standard InChI is InChI=1S/C26H36N4O3S/c1-3-28-13-15-29(16-14-28)12-7-11-27-25(31)23-20-8-4-5-9-21(20)26(32)30(17-18-33-2)24(23)22-10-6-19-34-22/h4-6,8-10,19,23-24H,3,7,11-18H2,1-2H3,(H,27,31)/t23-,24+/m0/s1. The van der Waals surface area contributed by atoms with Crippen LogP contribution in [0.5, 0.6) is 0 Å². The summed E-state index contributed by atoms with van der Waals surface area (Å²) in [5, 5.41) is 5.20. The van der Waals surface area contributed by atoms with Gasteiger partial charge < -0.3 is 24.8 Å². The molecule has 0 bridgehead atoms. The number of likely N-dealkylation sites (N-methyl/N-ethyl adjacent to an activating group) is 1. The predicted octanol–water partition coefficient (Wildman–Crippen LogP) is 2.82. The second-order valence-electron chi connectivity index (χ2n) is 8.94. The minimum Gasteiger partial charge on any atom is -0.383 e. The minimum atomic E-state index is -0.447. The van der Waals surface area contributed by atoms with Gasteiger partial charge >= 0.3 is 0 Å². The maximum absolute atomic E-state index is 13.6. The number of benzene rings is 1. The first-order chi connectivity index (χ1) is 16.6. The lowest BCUT2D eigenvalue weighted by Gasteiger charge is -2.41. The molecule has 3 heterocycles. The Morgan fingerprint density at radius 3 is 2.56 bits per heavy atom. The zero-order valence-corrected chi connectivity index (χ0v) is 21.1. The Balaban J connectivity index is 1.47. The zero-order chi connectivity index (χ0) is 23.9. The smallest absolute Gasteiger partial charge is 0.254 e. The fourth-order valence-electron chi connectivity index (χ4n) is 5.04. The molecule has 1 saturated heterocycles. The van der Waals surface area contributed by atoms with Crippen molar-refractivity contribution in [2.75, 3.05) is 66.1 Å². The van der Waals surface area contributed by atoms with Crippen molar-refractivity contribution >= 4 is 23.2 Å². The molecule has 1 fully saturated rings. The molecule has 0 spiro atoms. The summed E-state index contributed by atoms with van der Waals surface area (Å²) in [7, 11) is 1.63. The molecule has 8 heteroatoms. The summed E-state index contributed by atoms with van der Waals surface area (Å²) in [4.78, 5) is 34.8. The second kappa shape index (κ2) is 11.9. The highest BCUT2D eigenvalue weighted by molar-refractivity contribution is 7.10. The fourth-order valence-corrected chi connectivity index (χ4v) is 5.91. The Hall–Kier alpha value is -2.26. The van der Waals surface area contributed by atoms with E-state index < -0.39 is 5.92 Å². The fraction of sp³-hybridized carbons (Fsp3) is 0.538. The monoisotopic (exact) mass is 484 g/mol. The van der Waals surface area contributed by atoms with Crippen molar-refractivity contribution < 1.29 is 14.3 Å². The van der Waals surface area contributed by atoms with E-state index >= 15 is 0 Å². The van der Waals surface area contributed by atoms with E-state index in [1.54, 1.807) is 18.4 Å². The van der Waals surface area contributed by atoms with Crippen molar-refractivity contribution in [3.63, 3.8) is 0 Å². The van der Waals surface area contributed by atoms with Crippen LogP contribution in [0.1, 0.15) is 46.1 Å². The van der Waals surface area contributed by atoms with E-state index in [2.05, 4.69) is 22.0 Å². The van der Waals surface area contributed by atoms with Gasteiger partial charge in [0.25, 0.3) is 5.91 Å². The van der Waals surface area contributed by atoms with Crippen LogP contribution in [0.2, 0.25) is 0 Å². The Morgan fingerprint density at radius 1 is 1.09 bits per heavy atom. The largest absolute Gasteiger partial charge is 0.383 e. The van der Waals surface area contributed by atoms with Gasteiger partial charge in [0.1, 0.15) is 0 Å². The van der Waals surface area contributed by atoms with Gasteiger partial charge in [0, 0.05) is 56.8 Å². The van der Waals surface area contributed by atoms with Crippen molar-refractivity contribution in [1.82, 2.24) is 20.0 Å². The third kappa shape index (κ3) is 5.51. The van der Waals surface area contributed by atoms with Crippen LogP contribution in [-0.4, -0.2) is 92.6 Å². The van der Waals surface area contributed by atoms with Gasteiger partial charge in [-0.1, -0.05) is 31.2 Å². The van der Waals surface area contributed by atoms with Gasteiger partial charge in [-0.15, -0.1) is 11.3 Å². The Labute approximate surface area is 206 Å². The first-order valence-electron chi connectivity index (χ1n) is 12.3. The molecule has 2 atom stereocenters. The number of rotatable bonds is 10. The van der Waals surface area contributed by atoms with Gasteiger partial charge in [-0.05, 0) is 42.6 Å². The quantitative estimate of drug-likeness (QED) is 0.526. The molecular formula is C26H36N4O3S. The maximum atomic E-state index is 13.6. The molecule has 34 heavy (non-hydrogen) atoms. The van der Waals surface area contributed by atoms with Gasteiger partial charge in [-0.25, -0.2) is 0 Å². The summed E-state index contributed by atoms with van der Waals surface area (Å²) in [6.45, 7) is 10.2. The summed E-state index contributed by atoms with van der Waals surface area (Å²) in [6, 6.07) is 11.2. The third-order valence-corrected chi connectivity index (χ3v) is 7.90. The van der Waals surface area contributed by atoms with Crippen LogP contribution in [0.15, 0.2) is 41.8 Å². The van der Waals surface area contributed by atoms with E-state index in [0.717, 1.165) is 56.1 Å². The lowest BCUT2D eigenvalue weighted by molar-refractivity contribution is -0.124. The highest BCUT2D eigenvalue weighted by Crippen LogP contribution is 2.44. The Morgan fingerprint density at radius 2 is 1.85 bits per heavy atom. The van der Waals surface area contributed by atoms with Crippen molar-refractivity contribution in [3.05, 3.63) is 57.8 Å². The highest BCUT2D eigenvalue weighted by Gasteiger charge is 2.44. The molecule has 7 nitrogen and oxygen atoms in total. The number of carbonyl (C=O) groups is 2. The number of piperazine rings is 1. The molecule has 0 saturated carbocycles. The summed E-state index contributed by atoms with van der Waals surface area (Å²) in [6.07, 6.45) is 0.919. The molecule has 1 aromatic heterocycles. The van der Waals surface area contributed by atoms with E-state index in [0.29, 0.717) is 25.3 Å². The molecule has 2 aromatic rings. The van der Waals surface area contributed by atoms with Crippen LogP contribution in [0.25, 0.3) is 0 Å². The van der Waals surface area contributed by atoms with Gasteiger partial charge in [0.05, 0.1) is 18.6 Å². The summed E-state index contributed by atoms with van der Waals surface area (Å²) in [5.74, 6) is -0.504. The number of ether oxygens (including phenoxy) is 1. The summed E-state index contributed by atoms with van der Waals surface area (Å²) < 4.78 is 5.29. The zero-order valence-electron chi connectivity index (χ0n) is 20.2. The number of fused-ring (bicyclic) bond motifs is 1. The maximum Gasteiger partial charge on any atom is 0.254 e. The molecule has 4 rings (SSSR count). The van der Waals surface area contributed by atoms with Crippen LogP contribution < -0.4 is 5.32 Å². The second-order valence-corrected chi connectivity index (χ2v) is 9.92. The van der Waals surface area contributed by atoms with Gasteiger partial charge in [-0.3, -0.25) is 9.59 Å². The predicted molar refractivity (Wildman–Crippen MR) is 135 cm³/mol. The van der Waals surface area contributed by atoms with Gasteiger partial charge in [0.2, 0.25) is 5.91 Å². The Bertz CT molecular complexity index is 943. The topological polar surface area (TPSA) is 65.1 Å². The lowest BCUT2D eigenvalue weighted by Crippen LogP contribution is -2.48. The molecule has 1 aromatic carbocycles. The molecule has 0 radical (unpaired) electrons. The highest BCUT2D eigenvalue weighted by atomic mass is 32.1. The molecule has 184 valence electrons. The number of methoxy groups -OCH3 is 1. The minimum absolute atomic E-state index is 0.0171. The van der Waals surface area contributed by atoms with Crippen LogP contribution >= 0.6 is 11.3 Å². The first kappa shape index (κ1) is 24.9. The summed E-state index contributed by atoms with van der Waals surface area (Å²) >= 11 is 1.59. The first-order valence-corrected chi connectivity index (χ1v) is 13.2. The normalized spacial score (nSPS) is 21.5. The van der Waals surface area contributed by atoms with E-state index in [-0.39, 0.29) is 17.9 Å². The average Bonchev–Trinajstić information content (AvgIpc) is 3.41. The molecular weight excluding hydrogens is 448 g/mol. The van der Waals surface area contributed by atoms with Crippen LogP contribution in [0, 0.1) is 0 Å². The average molecular weight is 485 g/mol. The molecule has 1 N–H and O–H groups in total. The lowest BCUT2D eigenvalue weighted by atomic mass is 9.81. The SMILES string of the molecule is CCN1CCN(CCCNC(=O)[C@H]2c3ccccc3C(=O)N(CCOC)[C@@H]2c2cccs2)CC1. The number of nitrogens with zero attached hydrogens (tertiary/aromatic N) is 3. The van der Waals surface area contributed by atoms with E-state index in [1.165, 1.54) is 0 Å². The number of nitrogens with one attached hydrogen (secondary N) is 1. The summed E-state index contributed by atoms with van der Waals surface area (Å²) in [5.41, 5.74) is 1.42. The van der Waals surface area contributed by atoms with Crippen LogP contribution in [0.4, 0.5) is 0 Å². The van der Waals surface area contributed by atoms with Crippen LogP contribution in [0.3, 0.4) is 0 Å². The van der Waals surface area contributed by atoms with E-state index in [4.69, 9.17) is 4.74 Å². The van der Waals surface area contributed by atoms with Crippen molar-refractivity contribution in [2.45, 2.75) is 25.3 Å². The molecule has 2 aliphatic heterocycles. The number of thiophene rings is 1. The van der Waals surface area contributed by atoms with E-state index in [1.807, 2.05) is 46.7 Å². The van der Waals surface area contributed by atoms with Crippen molar-refractivity contribution in [2.24, 2.45) is 0 Å². The van der Waals surface area contributed by atoms with Crippen LogP contribution in [-0.2, 0) is 9.53 Å². The molecule has 2 aliphatic rings. The van der Waals surface area contributed by atoms with Crippen molar-refractivity contribution in [3.8, 4) is 0 Å². The van der Waals surface area contributed by atoms with Crippen molar-refractivity contribution in [1.29, 1.82) is 0 Å². The molecule has 0 aliphatic carbocycles. The number of carbonyl (C=O) groups excluding carboxylic acids is 2.